The van der Waals surface area contributed by atoms with Crippen molar-refractivity contribution in [3.8, 4) is 0 Å². The molecule has 1 aliphatic heterocycles. The monoisotopic (exact) mass is 572 g/mol. The summed E-state index contributed by atoms with van der Waals surface area (Å²) in [4.78, 5) is 44.1. The Morgan fingerprint density at radius 1 is 0.951 bits per heavy atom. The van der Waals surface area contributed by atoms with Crippen LogP contribution in [-0.2, 0) is 43.9 Å². The number of benzene rings is 3. The number of nitrogens with one attached hydrogen (secondary N) is 2. The zero-order valence-corrected chi connectivity index (χ0v) is 23.1. The number of para-hydroxylation sites is 1. The molecule has 0 unspecified atom stereocenters. The summed E-state index contributed by atoms with van der Waals surface area (Å²) >= 11 is 0. The lowest BCUT2D eigenvalue weighted by molar-refractivity contribution is -0.119. The van der Waals surface area contributed by atoms with Crippen LogP contribution in [0, 0.1) is 0 Å². The Hall–Kier alpha value is -4.61. The third-order valence-electron chi connectivity index (χ3n) is 6.64. The van der Waals surface area contributed by atoms with Crippen molar-refractivity contribution in [2.45, 2.75) is 31.3 Å². The highest BCUT2D eigenvalue weighted by Gasteiger charge is 2.27. The van der Waals surface area contributed by atoms with Crippen LogP contribution < -0.4 is 10.0 Å². The van der Waals surface area contributed by atoms with Gasteiger partial charge in [-0.2, -0.15) is 0 Å². The van der Waals surface area contributed by atoms with E-state index in [-0.39, 0.29) is 4.90 Å². The van der Waals surface area contributed by atoms with Crippen molar-refractivity contribution in [2.24, 2.45) is 0 Å². The van der Waals surface area contributed by atoms with Crippen LogP contribution in [0.1, 0.15) is 34.1 Å². The highest BCUT2D eigenvalue weighted by Crippen LogP contribution is 2.29. The molecule has 10 nitrogen and oxygen atoms in total. The Balaban J connectivity index is 1.30. The van der Waals surface area contributed by atoms with Gasteiger partial charge in [0.15, 0.2) is 6.61 Å². The molecule has 0 bridgehead atoms. The normalized spacial score (nSPS) is 13.3. The molecule has 0 aliphatic carbocycles. The summed E-state index contributed by atoms with van der Waals surface area (Å²) in [5.74, 6) is -1.92. The number of ether oxygens (including phenoxy) is 1. The van der Waals surface area contributed by atoms with E-state index in [1.807, 2.05) is 47.2 Å². The van der Waals surface area contributed by atoms with Gasteiger partial charge in [-0.3, -0.25) is 19.5 Å². The third kappa shape index (κ3) is 6.59. The van der Waals surface area contributed by atoms with Crippen LogP contribution in [0.15, 0.2) is 83.8 Å². The molecule has 11 heteroatoms. The molecule has 1 aromatic heterocycles. The second-order valence-corrected chi connectivity index (χ2v) is 11.4. The van der Waals surface area contributed by atoms with Crippen LogP contribution in [-0.4, -0.2) is 49.2 Å². The fourth-order valence-corrected chi connectivity index (χ4v) is 5.81. The summed E-state index contributed by atoms with van der Waals surface area (Å²) in [7, 11) is -3.99. The number of hydrogen-bond acceptors (Lipinski definition) is 8. The Morgan fingerprint density at radius 2 is 1.66 bits per heavy atom. The molecular formula is C30H28N4O6S. The summed E-state index contributed by atoms with van der Waals surface area (Å²) in [6, 6.07) is 22.7. The average Bonchev–Trinajstić information content (AvgIpc) is 2.95. The van der Waals surface area contributed by atoms with Gasteiger partial charge in [-0.05, 0) is 35.9 Å². The number of hydrogen-bond donors (Lipinski definition) is 2. The maximum atomic E-state index is 13.4. The topological polar surface area (TPSA) is 135 Å². The highest BCUT2D eigenvalue weighted by molar-refractivity contribution is 7.90. The van der Waals surface area contributed by atoms with E-state index in [4.69, 9.17) is 9.72 Å². The van der Waals surface area contributed by atoms with Crippen molar-refractivity contribution in [1.29, 1.82) is 0 Å². The van der Waals surface area contributed by atoms with E-state index in [9.17, 15) is 22.8 Å². The lowest BCUT2D eigenvalue weighted by atomic mass is 9.95. The van der Waals surface area contributed by atoms with Crippen LogP contribution in [0.5, 0.6) is 0 Å². The third-order valence-corrected chi connectivity index (χ3v) is 8.09. The van der Waals surface area contributed by atoms with Gasteiger partial charge in [0, 0.05) is 55.3 Å². The second kappa shape index (κ2) is 11.9. The minimum absolute atomic E-state index is 0.132. The molecule has 0 spiro atoms. The molecular weight excluding hydrogens is 544 g/mol. The zero-order chi connectivity index (χ0) is 29.0. The molecule has 4 aromatic rings. The van der Waals surface area contributed by atoms with E-state index in [1.165, 1.54) is 29.8 Å². The first-order chi connectivity index (χ1) is 19.7. The smallest absolute Gasteiger partial charge is 0.339 e. The van der Waals surface area contributed by atoms with E-state index in [0.29, 0.717) is 35.1 Å². The van der Waals surface area contributed by atoms with Crippen LogP contribution in [0.2, 0.25) is 0 Å². The van der Waals surface area contributed by atoms with Crippen molar-refractivity contribution < 1.29 is 27.5 Å². The van der Waals surface area contributed by atoms with E-state index in [0.717, 1.165) is 31.3 Å². The van der Waals surface area contributed by atoms with E-state index >= 15 is 0 Å². The Morgan fingerprint density at radius 3 is 2.39 bits per heavy atom. The van der Waals surface area contributed by atoms with Gasteiger partial charge in [-0.25, -0.2) is 17.9 Å². The molecule has 0 saturated carbocycles. The molecule has 1 aliphatic rings. The van der Waals surface area contributed by atoms with E-state index < -0.39 is 34.4 Å². The fourth-order valence-electron chi connectivity index (χ4n) is 4.82. The molecule has 2 amide bonds. The van der Waals surface area contributed by atoms with Crippen molar-refractivity contribution in [3.05, 3.63) is 101 Å². The van der Waals surface area contributed by atoms with Crippen molar-refractivity contribution in [3.63, 3.8) is 0 Å². The fraction of sp³-hybridized carbons (Fsp3) is 0.200. The molecule has 41 heavy (non-hydrogen) atoms. The molecule has 0 saturated heterocycles. The highest BCUT2D eigenvalue weighted by atomic mass is 32.2. The minimum atomic E-state index is -3.99. The molecule has 0 radical (unpaired) electrons. The van der Waals surface area contributed by atoms with Crippen LogP contribution in [0.3, 0.4) is 0 Å². The number of aromatic nitrogens is 1. The second-order valence-electron chi connectivity index (χ2n) is 9.69. The summed E-state index contributed by atoms with van der Waals surface area (Å²) in [5.41, 5.74) is 4.21. The maximum Gasteiger partial charge on any atom is 0.339 e. The number of anilines is 1. The number of amides is 2. The number of carbonyl (C=O) groups is 3. The Labute approximate surface area is 237 Å². The van der Waals surface area contributed by atoms with Gasteiger partial charge in [0.05, 0.1) is 16.0 Å². The average molecular weight is 573 g/mol. The summed E-state index contributed by atoms with van der Waals surface area (Å²) in [6.45, 7) is 2.61. The largest absolute Gasteiger partial charge is 0.452 e. The van der Waals surface area contributed by atoms with E-state index in [2.05, 4.69) is 22.3 Å². The van der Waals surface area contributed by atoms with Gasteiger partial charge in [0.25, 0.3) is 15.9 Å². The lowest BCUT2D eigenvalue weighted by Gasteiger charge is -2.30. The summed E-state index contributed by atoms with van der Waals surface area (Å²) in [6.07, 6.45) is 0.682. The first-order valence-corrected chi connectivity index (χ1v) is 14.4. The lowest BCUT2D eigenvalue weighted by Crippen LogP contribution is -2.32. The molecule has 5 rings (SSSR count). The van der Waals surface area contributed by atoms with Gasteiger partial charge in [0.1, 0.15) is 0 Å². The SMILES string of the molecule is CC(=O)NS(=O)(=O)c1ccc(NC(=O)COC(=O)c2c3c(nc4ccccc24)CCN(Cc2ccccc2)C3)cc1. The number of rotatable bonds is 8. The number of nitrogens with zero attached hydrogens (tertiary/aromatic N) is 2. The van der Waals surface area contributed by atoms with Gasteiger partial charge in [0.2, 0.25) is 5.91 Å². The summed E-state index contributed by atoms with van der Waals surface area (Å²) < 4.78 is 31.6. The van der Waals surface area contributed by atoms with Gasteiger partial charge < -0.3 is 10.1 Å². The summed E-state index contributed by atoms with van der Waals surface area (Å²) in [5, 5.41) is 3.24. The minimum Gasteiger partial charge on any atom is -0.452 e. The molecule has 2 N–H and O–H groups in total. The Kier molecular flexibility index (Phi) is 8.09. The number of fused-ring (bicyclic) bond motifs is 2. The number of pyridine rings is 1. The van der Waals surface area contributed by atoms with Crippen LogP contribution in [0.25, 0.3) is 10.9 Å². The zero-order valence-electron chi connectivity index (χ0n) is 22.3. The van der Waals surface area contributed by atoms with Crippen molar-refractivity contribution >= 4 is 44.4 Å². The molecule has 0 atom stereocenters. The molecule has 0 fully saturated rings. The number of esters is 1. The number of carbonyl (C=O) groups excluding carboxylic acids is 3. The predicted octanol–water partition coefficient (Wildman–Crippen LogP) is 3.41. The van der Waals surface area contributed by atoms with Gasteiger partial charge in [-0.15, -0.1) is 0 Å². The first-order valence-electron chi connectivity index (χ1n) is 13.0. The van der Waals surface area contributed by atoms with Gasteiger partial charge in [-0.1, -0.05) is 48.5 Å². The van der Waals surface area contributed by atoms with Crippen molar-refractivity contribution in [2.75, 3.05) is 18.5 Å². The quantitative estimate of drug-likeness (QED) is 0.307. The number of sulfonamides is 1. The Bertz CT molecular complexity index is 1720. The molecule has 3 aromatic carbocycles. The molecule has 210 valence electrons. The van der Waals surface area contributed by atoms with Crippen LogP contribution >= 0.6 is 0 Å². The van der Waals surface area contributed by atoms with Gasteiger partial charge >= 0.3 is 5.97 Å². The maximum absolute atomic E-state index is 13.4. The van der Waals surface area contributed by atoms with E-state index in [1.54, 1.807) is 0 Å². The van der Waals surface area contributed by atoms with Crippen molar-refractivity contribution in [1.82, 2.24) is 14.6 Å². The standard InChI is InChI=1S/C30H28N4O6S/c1-20(35)33-41(38,39)23-13-11-22(12-14-23)31-28(36)19-40-30(37)29-24-9-5-6-10-26(24)32-27-15-16-34(18-25(27)29)17-21-7-3-2-4-8-21/h2-14H,15-19H2,1H3,(H,31,36)(H,33,35). The van der Waals surface area contributed by atoms with Crippen LogP contribution in [0.4, 0.5) is 5.69 Å². The first kappa shape index (κ1) is 27.9. The predicted molar refractivity (Wildman–Crippen MR) is 152 cm³/mol. The molecule has 2 heterocycles.